The van der Waals surface area contributed by atoms with Crippen molar-refractivity contribution in [3.05, 3.63) is 27.7 Å². The minimum Gasteiger partial charge on any atom is -0.267 e. The van der Waals surface area contributed by atoms with E-state index in [9.17, 15) is 4.79 Å². The fourth-order valence-corrected chi connectivity index (χ4v) is 1.82. The molecule has 0 aromatic carbocycles. The number of nitrogens with zero attached hydrogens (tertiary/aromatic N) is 2. The largest absolute Gasteiger partial charge is 0.270 e. The summed E-state index contributed by atoms with van der Waals surface area (Å²) in [7, 11) is 0. The number of halogens is 1. The second-order valence-corrected chi connectivity index (χ2v) is 5.53. The Kier molecular flexibility index (Phi) is 4.30. The van der Waals surface area contributed by atoms with E-state index in [4.69, 9.17) is 0 Å². The number of hydrogen-bond donors (Lipinski definition) is 0. The molecule has 0 aliphatic rings. The zero-order valence-corrected chi connectivity index (χ0v) is 12.0. The van der Waals surface area contributed by atoms with Crippen molar-refractivity contribution < 1.29 is 0 Å². The van der Waals surface area contributed by atoms with E-state index in [1.54, 1.807) is 4.68 Å². The molecule has 0 atom stereocenters. The summed E-state index contributed by atoms with van der Waals surface area (Å²) in [5.41, 5.74) is 1.75. The smallest absolute Gasteiger partial charge is 0.267 e. The molecule has 0 unspecified atom stereocenters. The van der Waals surface area contributed by atoms with E-state index in [-0.39, 0.29) is 11.0 Å². The highest BCUT2D eigenvalue weighted by atomic mass is 79.9. The predicted octanol–water partition coefficient (Wildman–Crippen LogP) is 2.85. The van der Waals surface area contributed by atoms with Gasteiger partial charge in [-0.05, 0) is 12.5 Å². The van der Waals surface area contributed by atoms with Gasteiger partial charge in [-0.3, -0.25) is 4.79 Å². The van der Waals surface area contributed by atoms with Gasteiger partial charge in [0.25, 0.3) is 5.56 Å². The van der Waals surface area contributed by atoms with Crippen LogP contribution in [-0.4, -0.2) is 9.78 Å². The molecule has 0 saturated carbocycles. The van der Waals surface area contributed by atoms with Gasteiger partial charge in [-0.1, -0.05) is 43.6 Å². The van der Waals surface area contributed by atoms with Gasteiger partial charge in [-0.2, -0.15) is 5.10 Å². The molecule has 1 heterocycles. The maximum absolute atomic E-state index is 11.9. The molecule has 0 bridgehead atoms. The van der Waals surface area contributed by atoms with Crippen molar-refractivity contribution in [1.82, 2.24) is 9.78 Å². The third kappa shape index (κ3) is 2.94. The minimum atomic E-state index is -0.0277. The molecule has 1 rings (SSSR count). The molecule has 3 nitrogen and oxygen atoms in total. The van der Waals surface area contributed by atoms with Crippen LogP contribution in [0.1, 0.15) is 45.4 Å². The van der Waals surface area contributed by atoms with E-state index < -0.39 is 0 Å². The Morgan fingerprint density at radius 3 is 2.50 bits per heavy atom. The van der Waals surface area contributed by atoms with Gasteiger partial charge >= 0.3 is 0 Å². The second kappa shape index (κ2) is 5.13. The first-order valence-corrected chi connectivity index (χ1v) is 6.69. The number of hydrogen-bond acceptors (Lipinski definition) is 2. The monoisotopic (exact) mass is 286 g/mol. The van der Waals surface area contributed by atoms with E-state index in [1.165, 1.54) is 0 Å². The third-order valence-electron chi connectivity index (χ3n) is 2.40. The molecule has 0 N–H and O–H groups in total. The standard InChI is InChI=1S/C12H19BrN2O/c1-5-6-15-11(16)9(8-13)7-10(14-15)12(2,3)4/h7H,5-6,8H2,1-4H3. The van der Waals surface area contributed by atoms with Gasteiger partial charge in [0, 0.05) is 22.9 Å². The van der Waals surface area contributed by atoms with Crippen LogP contribution in [0.5, 0.6) is 0 Å². The summed E-state index contributed by atoms with van der Waals surface area (Å²) < 4.78 is 1.58. The van der Waals surface area contributed by atoms with Crippen molar-refractivity contribution in [3.8, 4) is 0 Å². The highest BCUT2D eigenvalue weighted by molar-refractivity contribution is 9.08. The first-order valence-electron chi connectivity index (χ1n) is 5.57. The van der Waals surface area contributed by atoms with Gasteiger partial charge < -0.3 is 0 Å². The first-order chi connectivity index (χ1) is 7.40. The molecule has 0 radical (unpaired) electrons. The lowest BCUT2D eigenvalue weighted by Gasteiger charge is -2.19. The quantitative estimate of drug-likeness (QED) is 0.801. The fraction of sp³-hybridized carbons (Fsp3) is 0.667. The highest BCUT2D eigenvalue weighted by Crippen LogP contribution is 2.20. The predicted molar refractivity (Wildman–Crippen MR) is 70.1 cm³/mol. The van der Waals surface area contributed by atoms with Gasteiger partial charge in [0.05, 0.1) is 5.69 Å². The Balaban J connectivity index is 3.34. The molecule has 0 spiro atoms. The Morgan fingerprint density at radius 1 is 1.44 bits per heavy atom. The van der Waals surface area contributed by atoms with Crippen molar-refractivity contribution in [1.29, 1.82) is 0 Å². The molecular formula is C12H19BrN2O. The maximum Gasteiger partial charge on any atom is 0.270 e. The molecule has 4 heteroatoms. The van der Waals surface area contributed by atoms with Crippen molar-refractivity contribution in [2.75, 3.05) is 0 Å². The Morgan fingerprint density at radius 2 is 2.06 bits per heavy atom. The summed E-state index contributed by atoms with van der Waals surface area (Å²) >= 11 is 3.35. The van der Waals surface area contributed by atoms with Crippen molar-refractivity contribution in [2.24, 2.45) is 0 Å². The van der Waals surface area contributed by atoms with Crippen LogP contribution < -0.4 is 5.56 Å². The van der Waals surface area contributed by atoms with Crippen LogP contribution in [0.25, 0.3) is 0 Å². The van der Waals surface area contributed by atoms with Crippen LogP contribution in [0.2, 0.25) is 0 Å². The lowest BCUT2D eigenvalue weighted by Crippen LogP contribution is -2.30. The fourth-order valence-electron chi connectivity index (χ4n) is 1.42. The second-order valence-electron chi connectivity index (χ2n) is 4.97. The normalized spacial score (nSPS) is 11.8. The molecule has 1 aromatic heterocycles. The molecule has 90 valence electrons. The number of aromatic nitrogens is 2. The van der Waals surface area contributed by atoms with Crippen molar-refractivity contribution in [2.45, 2.75) is 51.4 Å². The zero-order chi connectivity index (χ0) is 12.3. The lowest BCUT2D eigenvalue weighted by atomic mass is 9.91. The van der Waals surface area contributed by atoms with E-state index >= 15 is 0 Å². The summed E-state index contributed by atoms with van der Waals surface area (Å²) in [6.45, 7) is 9.05. The summed E-state index contributed by atoms with van der Waals surface area (Å²) in [5.74, 6) is 0. The zero-order valence-electron chi connectivity index (χ0n) is 10.4. The number of rotatable bonds is 3. The van der Waals surface area contributed by atoms with Crippen LogP contribution in [-0.2, 0) is 17.3 Å². The highest BCUT2D eigenvalue weighted by Gasteiger charge is 2.18. The Bertz CT molecular complexity index is 418. The average Bonchev–Trinajstić information content (AvgIpc) is 2.19. The topological polar surface area (TPSA) is 34.9 Å². The van der Waals surface area contributed by atoms with Gasteiger partial charge in [0.15, 0.2) is 0 Å². The van der Waals surface area contributed by atoms with Crippen LogP contribution >= 0.6 is 15.9 Å². The Labute approximate surface area is 105 Å². The summed E-state index contributed by atoms with van der Waals surface area (Å²) in [6.07, 6.45) is 0.919. The summed E-state index contributed by atoms with van der Waals surface area (Å²) in [4.78, 5) is 11.9. The molecule has 0 amide bonds. The number of aryl methyl sites for hydroxylation is 1. The Hall–Kier alpha value is -0.640. The van der Waals surface area contributed by atoms with Crippen molar-refractivity contribution in [3.63, 3.8) is 0 Å². The van der Waals surface area contributed by atoms with Crippen molar-refractivity contribution >= 4 is 15.9 Å². The van der Waals surface area contributed by atoms with Crippen LogP contribution in [0.3, 0.4) is 0 Å². The maximum atomic E-state index is 11.9. The summed E-state index contributed by atoms with van der Waals surface area (Å²) in [5, 5.41) is 5.01. The van der Waals surface area contributed by atoms with E-state index in [0.717, 1.165) is 17.7 Å². The van der Waals surface area contributed by atoms with Crippen LogP contribution in [0.4, 0.5) is 0 Å². The molecule has 0 fully saturated rings. The molecule has 0 aliphatic carbocycles. The molecule has 1 aromatic rings. The third-order valence-corrected chi connectivity index (χ3v) is 3.00. The van der Waals surface area contributed by atoms with Gasteiger partial charge in [-0.25, -0.2) is 4.68 Å². The molecule has 0 aliphatic heterocycles. The summed E-state index contributed by atoms with van der Waals surface area (Å²) in [6, 6.07) is 1.91. The first kappa shape index (κ1) is 13.4. The van der Waals surface area contributed by atoms with Crippen LogP contribution in [0, 0.1) is 0 Å². The molecular weight excluding hydrogens is 268 g/mol. The molecule has 16 heavy (non-hydrogen) atoms. The minimum absolute atomic E-state index is 0.0201. The van der Waals surface area contributed by atoms with Gasteiger partial charge in [0.2, 0.25) is 0 Å². The average molecular weight is 287 g/mol. The van der Waals surface area contributed by atoms with E-state index in [1.807, 2.05) is 13.0 Å². The van der Waals surface area contributed by atoms with Crippen LogP contribution in [0.15, 0.2) is 10.9 Å². The van der Waals surface area contributed by atoms with Gasteiger partial charge in [-0.15, -0.1) is 0 Å². The van der Waals surface area contributed by atoms with E-state index in [0.29, 0.717) is 11.9 Å². The number of alkyl halides is 1. The van der Waals surface area contributed by atoms with Gasteiger partial charge in [0.1, 0.15) is 0 Å². The SMILES string of the molecule is CCCn1nc(C(C)(C)C)cc(CBr)c1=O. The van der Waals surface area contributed by atoms with E-state index in [2.05, 4.69) is 41.8 Å². The molecule has 0 saturated heterocycles. The lowest BCUT2D eigenvalue weighted by molar-refractivity contribution is 0.493.